The summed E-state index contributed by atoms with van der Waals surface area (Å²) >= 11 is 0.836. The van der Waals surface area contributed by atoms with Crippen molar-refractivity contribution in [3.05, 3.63) is 47.5 Å². The van der Waals surface area contributed by atoms with Crippen molar-refractivity contribution in [3.8, 4) is 5.75 Å². The molecule has 3 aromatic rings. The van der Waals surface area contributed by atoms with Gasteiger partial charge in [0, 0.05) is 16.3 Å². The second kappa shape index (κ2) is 9.72. The van der Waals surface area contributed by atoms with Gasteiger partial charge in [-0.2, -0.15) is 0 Å². The van der Waals surface area contributed by atoms with Crippen LogP contribution in [0.5, 0.6) is 5.75 Å². The lowest BCUT2D eigenvalue weighted by Crippen LogP contribution is -2.23. The average molecular weight is 509 g/mol. The van der Waals surface area contributed by atoms with Crippen LogP contribution in [0.15, 0.2) is 30.3 Å². The predicted octanol–water partition coefficient (Wildman–Crippen LogP) is 10.0. The standard InChI is InChI=1S/C28H29F5OS/c1-2-3-16-4-6-17(7-5-16)18-8-10-19(11-9-18)20-12-13-21-22-14-15-23(34-28(31,32)33)25(30)27(22)35-26(21)24(20)29/h10,12-18H,2-9,11H2,1H3/t16?,17?,18-/m0/s1. The molecule has 0 N–H and O–H groups in total. The van der Waals surface area contributed by atoms with Crippen LogP contribution in [0.4, 0.5) is 22.0 Å². The molecule has 35 heavy (non-hydrogen) atoms. The number of rotatable bonds is 5. The number of benzene rings is 2. The molecule has 0 bridgehead atoms. The summed E-state index contributed by atoms with van der Waals surface area (Å²) < 4.78 is 72.2. The van der Waals surface area contributed by atoms with Gasteiger partial charge in [0.15, 0.2) is 11.6 Å². The van der Waals surface area contributed by atoms with Crippen molar-refractivity contribution in [1.29, 1.82) is 0 Å². The molecule has 0 unspecified atom stereocenters. The number of hydrogen-bond acceptors (Lipinski definition) is 2. The first-order chi connectivity index (χ1) is 16.7. The van der Waals surface area contributed by atoms with Crippen LogP contribution in [0, 0.1) is 29.4 Å². The molecule has 0 radical (unpaired) electrons. The van der Waals surface area contributed by atoms with E-state index in [-0.39, 0.29) is 9.40 Å². The van der Waals surface area contributed by atoms with Gasteiger partial charge in [0.1, 0.15) is 5.82 Å². The molecule has 2 aromatic carbocycles. The highest BCUT2D eigenvalue weighted by Crippen LogP contribution is 2.45. The molecule has 2 aliphatic carbocycles. The number of halogens is 5. The highest BCUT2D eigenvalue weighted by atomic mass is 32.1. The van der Waals surface area contributed by atoms with Crippen molar-refractivity contribution >= 4 is 37.1 Å². The third kappa shape index (κ3) is 4.93. The minimum atomic E-state index is -5.00. The van der Waals surface area contributed by atoms with Crippen LogP contribution in [0.2, 0.25) is 0 Å². The molecular formula is C28H29F5OS. The van der Waals surface area contributed by atoms with E-state index in [2.05, 4.69) is 17.7 Å². The van der Waals surface area contributed by atoms with Gasteiger partial charge >= 0.3 is 6.36 Å². The number of allylic oxidation sites excluding steroid dienone is 2. The second-order valence-corrected chi connectivity index (χ2v) is 11.1. The maximum absolute atomic E-state index is 15.6. The molecule has 5 rings (SSSR count). The van der Waals surface area contributed by atoms with Crippen molar-refractivity contribution in [1.82, 2.24) is 0 Å². The fourth-order valence-corrected chi connectivity index (χ4v) is 7.32. The molecule has 1 fully saturated rings. The quantitative estimate of drug-likeness (QED) is 0.312. The van der Waals surface area contributed by atoms with Crippen molar-refractivity contribution in [2.24, 2.45) is 17.8 Å². The summed E-state index contributed by atoms with van der Waals surface area (Å²) in [5, 5.41) is 0.890. The number of hydrogen-bond donors (Lipinski definition) is 0. The van der Waals surface area contributed by atoms with Gasteiger partial charge < -0.3 is 4.74 Å². The van der Waals surface area contributed by atoms with Crippen LogP contribution in [-0.4, -0.2) is 6.36 Å². The molecule has 0 amide bonds. The van der Waals surface area contributed by atoms with Crippen LogP contribution < -0.4 is 4.74 Å². The van der Waals surface area contributed by atoms with E-state index in [0.29, 0.717) is 22.3 Å². The summed E-state index contributed by atoms with van der Waals surface area (Å²) in [7, 11) is 0. The first kappa shape index (κ1) is 24.5. The number of alkyl halides is 3. The first-order valence-corrected chi connectivity index (χ1v) is 13.3. The zero-order valence-corrected chi connectivity index (χ0v) is 20.5. The minimum Gasteiger partial charge on any atom is -0.403 e. The summed E-state index contributed by atoms with van der Waals surface area (Å²) in [5.41, 5.74) is 1.49. The largest absolute Gasteiger partial charge is 0.573 e. The monoisotopic (exact) mass is 508 g/mol. The van der Waals surface area contributed by atoms with E-state index in [4.69, 9.17) is 0 Å². The smallest absolute Gasteiger partial charge is 0.403 e. The molecule has 1 aromatic heterocycles. The summed E-state index contributed by atoms with van der Waals surface area (Å²) in [6, 6.07) is 5.78. The van der Waals surface area contributed by atoms with Gasteiger partial charge in [-0.3, -0.25) is 0 Å². The maximum atomic E-state index is 15.6. The van der Waals surface area contributed by atoms with Crippen LogP contribution in [0.3, 0.4) is 0 Å². The molecule has 1 atom stereocenters. The molecule has 1 saturated carbocycles. The van der Waals surface area contributed by atoms with E-state index in [1.54, 1.807) is 12.1 Å². The van der Waals surface area contributed by atoms with Gasteiger partial charge in [0.25, 0.3) is 0 Å². The Hall–Kier alpha value is -2.15. The zero-order valence-electron chi connectivity index (χ0n) is 19.7. The Morgan fingerprint density at radius 3 is 2.20 bits per heavy atom. The molecule has 0 saturated heterocycles. The average Bonchev–Trinajstić information content (AvgIpc) is 3.22. The Morgan fingerprint density at radius 2 is 1.57 bits per heavy atom. The van der Waals surface area contributed by atoms with Gasteiger partial charge in [-0.15, -0.1) is 24.5 Å². The van der Waals surface area contributed by atoms with E-state index < -0.39 is 23.7 Å². The summed E-state index contributed by atoms with van der Waals surface area (Å²) in [6.07, 6.45) is 7.83. The predicted molar refractivity (Wildman–Crippen MR) is 132 cm³/mol. The van der Waals surface area contributed by atoms with Crippen LogP contribution in [0.1, 0.15) is 70.3 Å². The van der Waals surface area contributed by atoms with Gasteiger partial charge in [0.05, 0.1) is 9.40 Å². The summed E-state index contributed by atoms with van der Waals surface area (Å²) in [6.45, 7) is 2.25. The molecule has 188 valence electrons. The van der Waals surface area contributed by atoms with Crippen LogP contribution in [-0.2, 0) is 0 Å². The van der Waals surface area contributed by atoms with E-state index in [1.807, 2.05) is 0 Å². The van der Waals surface area contributed by atoms with Crippen molar-refractivity contribution in [2.45, 2.75) is 71.1 Å². The fraction of sp³-hybridized carbons (Fsp3) is 0.500. The molecule has 0 aliphatic heterocycles. The Kier molecular flexibility index (Phi) is 6.81. The third-order valence-corrected chi connectivity index (χ3v) is 9.14. The molecule has 2 aliphatic rings. The van der Waals surface area contributed by atoms with Gasteiger partial charge in [-0.05, 0) is 67.6 Å². The maximum Gasteiger partial charge on any atom is 0.573 e. The SMILES string of the molecule is CCCC1CCC([C@H]2CC=C(c3ccc4c(sc5c(F)c(OC(F)(F)F)ccc54)c3F)CC2)CC1. The zero-order chi connectivity index (χ0) is 24.7. The number of thiophene rings is 1. The Bertz CT molecular complexity index is 1250. The molecular weight excluding hydrogens is 479 g/mol. The minimum absolute atomic E-state index is 0.0332. The summed E-state index contributed by atoms with van der Waals surface area (Å²) in [5.74, 6) is -0.150. The Balaban J connectivity index is 1.38. The summed E-state index contributed by atoms with van der Waals surface area (Å²) in [4.78, 5) is 0. The molecule has 1 nitrogen and oxygen atoms in total. The van der Waals surface area contributed by atoms with Crippen molar-refractivity contribution in [2.75, 3.05) is 0 Å². The topological polar surface area (TPSA) is 9.23 Å². The molecule has 1 heterocycles. The fourth-order valence-electron chi connectivity index (χ4n) is 6.16. The highest BCUT2D eigenvalue weighted by Gasteiger charge is 2.33. The number of fused-ring (bicyclic) bond motifs is 3. The van der Waals surface area contributed by atoms with E-state index in [0.717, 1.165) is 54.1 Å². The lowest BCUT2D eigenvalue weighted by Gasteiger charge is -2.35. The van der Waals surface area contributed by atoms with E-state index >= 15 is 4.39 Å². The normalized spacial score (nSPS) is 23.6. The van der Waals surface area contributed by atoms with Gasteiger partial charge in [-0.1, -0.05) is 50.8 Å². The van der Waals surface area contributed by atoms with E-state index in [1.165, 1.54) is 44.6 Å². The van der Waals surface area contributed by atoms with Crippen molar-refractivity contribution < 1.29 is 26.7 Å². The third-order valence-electron chi connectivity index (χ3n) is 7.93. The molecule has 0 spiro atoms. The Labute approximate surface area is 206 Å². The van der Waals surface area contributed by atoms with Gasteiger partial charge in [0.2, 0.25) is 0 Å². The number of ether oxygens (including phenoxy) is 1. The highest BCUT2D eigenvalue weighted by molar-refractivity contribution is 7.25. The van der Waals surface area contributed by atoms with E-state index in [9.17, 15) is 17.6 Å². The van der Waals surface area contributed by atoms with Gasteiger partial charge in [-0.25, -0.2) is 8.78 Å². The second-order valence-electron chi connectivity index (χ2n) is 10.0. The lowest BCUT2D eigenvalue weighted by molar-refractivity contribution is -0.275. The Morgan fingerprint density at radius 1 is 0.886 bits per heavy atom. The first-order valence-electron chi connectivity index (χ1n) is 12.5. The van der Waals surface area contributed by atoms with Crippen LogP contribution in [0.25, 0.3) is 25.7 Å². The van der Waals surface area contributed by atoms with Crippen molar-refractivity contribution in [3.63, 3.8) is 0 Å². The van der Waals surface area contributed by atoms with Crippen LogP contribution >= 0.6 is 11.3 Å². The lowest BCUT2D eigenvalue weighted by atomic mass is 9.70. The molecule has 7 heteroatoms.